The topological polar surface area (TPSA) is 84.6 Å². The Bertz CT molecular complexity index is 428. The standard InChI is InChI=1S/C13H20N2O3/c1-4-13(2,8-16)15-12(17)10-7-9(18-3)5-6-11(10)14/h5-7,16H,4,8,14H2,1-3H3,(H,15,17). The Labute approximate surface area is 107 Å². The lowest BCUT2D eigenvalue weighted by atomic mass is 9.99. The van der Waals surface area contributed by atoms with Crippen LogP contribution >= 0.6 is 0 Å². The predicted octanol–water partition coefficient (Wildman–Crippen LogP) is 1.17. The molecular weight excluding hydrogens is 232 g/mol. The van der Waals surface area contributed by atoms with Crippen LogP contribution in [0.15, 0.2) is 18.2 Å². The molecule has 1 aromatic rings. The summed E-state index contributed by atoms with van der Waals surface area (Å²) in [5.41, 5.74) is 5.85. The number of ether oxygens (including phenoxy) is 1. The summed E-state index contributed by atoms with van der Waals surface area (Å²) in [5, 5.41) is 12.1. The molecule has 100 valence electrons. The Morgan fingerprint density at radius 3 is 2.72 bits per heavy atom. The average Bonchev–Trinajstić information content (AvgIpc) is 2.39. The monoisotopic (exact) mass is 252 g/mol. The van der Waals surface area contributed by atoms with E-state index in [0.717, 1.165) is 0 Å². The molecule has 1 rings (SSSR count). The van der Waals surface area contributed by atoms with E-state index in [2.05, 4.69) is 5.32 Å². The Kier molecular flexibility index (Phi) is 4.55. The second-order valence-electron chi connectivity index (χ2n) is 4.48. The highest BCUT2D eigenvalue weighted by atomic mass is 16.5. The first kappa shape index (κ1) is 14.3. The molecule has 0 aliphatic carbocycles. The van der Waals surface area contributed by atoms with Crippen molar-refractivity contribution < 1.29 is 14.6 Å². The summed E-state index contributed by atoms with van der Waals surface area (Å²) >= 11 is 0. The molecule has 0 fully saturated rings. The molecule has 5 heteroatoms. The Morgan fingerprint density at radius 1 is 1.56 bits per heavy atom. The summed E-state index contributed by atoms with van der Waals surface area (Å²) in [6, 6.07) is 4.89. The molecule has 0 heterocycles. The smallest absolute Gasteiger partial charge is 0.254 e. The Hall–Kier alpha value is -1.75. The number of methoxy groups -OCH3 is 1. The van der Waals surface area contributed by atoms with E-state index < -0.39 is 5.54 Å². The minimum Gasteiger partial charge on any atom is -0.497 e. The van der Waals surface area contributed by atoms with Gasteiger partial charge in [0.1, 0.15) is 5.75 Å². The van der Waals surface area contributed by atoms with Gasteiger partial charge in [0.05, 0.1) is 24.8 Å². The zero-order chi connectivity index (χ0) is 13.8. The molecule has 1 amide bonds. The minimum absolute atomic E-state index is 0.126. The molecule has 18 heavy (non-hydrogen) atoms. The lowest BCUT2D eigenvalue weighted by Gasteiger charge is -2.27. The molecule has 1 unspecified atom stereocenters. The SMILES string of the molecule is CCC(C)(CO)NC(=O)c1cc(OC)ccc1N. The van der Waals surface area contributed by atoms with Crippen molar-refractivity contribution in [2.75, 3.05) is 19.5 Å². The van der Waals surface area contributed by atoms with Crippen LogP contribution in [0.25, 0.3) is 0 Å². The summed E-state index contributed by atoms with van der Waals surface area (Å²) in [4.78, 5) is 12.1. The quantitative estimate of drug-likeness (QED) is 0.687. The maximum absolute atomic E-state index is 12.1. The molecule has 0 radical (unpaired) electrons. The number of hydrogen-bond donors (Lipinski definition) is 3. The van der Waals surface area contributed by atoms with Crippen LogP contribution in [0.5, 0.6) is 5.75 Å². The number of amides is 1. The number of nitrogen functional groups attached to an aromatic ring is 1. The molecule has 5 nitrogen and oxygen atoms in total. The van der Waals surface area contributed by atoms with E-state index in [-0.39, 0.29) is 12.5 Å². The minimum atomic E-state index is -0.646. The van der Waals surface area contributed by atoms with Crippen molar-refractivity contribution in [2.45, 2.75) is 25.8 Å². The summed E-state index contributed by atoms with van der Waals surface area (Å²) in [5.74, 6) is 0.251. The van der Waals surface area contributed by atoms with Crippen molar-refractivity contribution in [3.8, 4) is 5.75 Å². The highest BCUT2D eigenvalue weighted by Crippen LogP contribution is 2.20. The van der Waals surface area contributed by atoms with Gasteiger partial charge in [0, 0.05) is 5.69 Å². The van der Waals surface area contributed by atoms with E-state index in [1.807, 2.05) is 6.92 Å². The van der Waals surface area contributed by atoms with Gasteiger partial charge in [-0.15, -0.1) is 0 Å². The van der Waals surface area contributed by atoms with Gasteiger partial charge in [0.2, 0.25) is 0 Å². The van der Waals surface area contributed by atoms with Crippen molar-refractivity contribution in [1.29, 1.82) is 0 Å². The molecule has 0 aliphatic rings. The summed E-state index contributed by atoms with van der Waals surface area (Å²) in [6.45, 7) is 3.55. The van der Waals surface area contributed by atoms with Gasteiger partial charge in [-0.05, 0) is 31.5 Å². The molecular formula is C13H20N2O3. The third-order valence-electron chi connectivity index (χ3n) is 3.05. The molecule has 0 spiro atoms. The zero-order valence-corrected chi connectivity index (χ0v) is 11.0. The maximum Gasteiger partial charge on any atom is 0.254 e. The van der Waals surface area contributed by atoms with Crippen molar-refractivity contribution >= 4 is 11.6 Å². The summed E-state index contributed by atoms with van der Waals surface area (Å²) in [6.07, 6.45) is 0.624. The van der Waals surface area contributed by atoms with Gasteiger partial charge >= 0.3 is 0 Å². The molecule has 0 saturated heterocycles. The number of aliphatic hydroxyl groups is 1. The fraction of sp³-hybridized carbons (Fsp3) is 0.462. The third kappa shape index (κ3) is 3.13. The molecule has 0 bridgehead atoms. The van der Waals surface area contributed by atoms with Crippen molar-refractivity contribution in [1.82, 2.24) is 5.32 Å². The average molecular weight is 252 g/mol. The fourth-order valence-electron chi connectivity index (χ4n) is 1.44. The summed E-state index contributed by atoms with van der Waals surface area (Å²) in [7, 11) is 1.52. The van der Waals surface area contributed by atoms with Crippen LogP contribution in [0, 0.1) is 0 Å². The van der Waals surface area contributed by atoms with Crippen molar-refractivity contribution in [2.24, 2.45) is 0 Å². The van der Waals surface area contributed by atoms with Crippen LogP contribution in [0.4, 0.5) is 5.69 Å². The van der Waals surface area contributed by atoms with E-state index in [1.54, 1.807) is 25.1 Å². The first-order valence-corrected chi connectivity index (χ1v) is 5.82. The highest BCUT2D eigenvalue weighted by Gasteiger charge is 2.24. The van der Waals surface area contributed by atoms with E-state index >= 15 is 0 Å². The van der Waals surface area contributed by atoms with Crippen LogP contribution in [0.2, 0.25) is 0 Å². The van der Waals surface area contributed by atoms with Gasteiger partial charge in [-0.1, -0.05) is 6.92 Å². The van der Waals surface area contributed by atoms with Crippen LogP contribution in [-0.4, -0.2) is 30.3 Å². The number of carbonyl (C=O) groups excluding carboxylic acids is 1. The Balaban J connectivity index is 2.97. The first-order chi connectivity index (χ1) is 8.45. The van der Waals surface area contributed by atoms with Gasteiger partial charge in [0.15, 0.2) is 0 Å². The lowest BCUT2D eigenvalue weighted by Crippen LogP contribution is -2.48. The van der Waals surface area contributed by atoms with E-state index in [9.17, 15) is 9.90 Å². The van der Waals surface area contributed by atoms with Gasteiger partial charge in [-0.3, -0.25) is 4.79 Å². The normalized spacial score (nSPS) is 13.8. The Morgan fingerprint density at radius 2 is 2.22 bits per heavy atom. The molecule has 0 saturated carbocycles. The van der Waals surface area contributed by atoms with Gasteiger partial charge in [-0.25, -0.2) is 0 Å². The number of benzene rings is 1. The van der Waals surface area contributed by atoms with Crippen LogP contribution < -0.4 is 15.8 Å². The zero-order valence-electron chi connectivity index (χ0n) is 11.0. The number of hydrogen-bond acceptors (Lipinski definition) is 4. The van der Waals surface area contributed by atoms with E-state index in [1.165, 1.54) is 7.11 Å². The number of rotatable bonds is 5. The van der Waals surface area contributed by atoms with Gasteiger partial charge < -0.3 is 20.9 Å². The van der Waals surface area contributed by atoms with E-state index in [4.69, 9.17) is 10.5 Å². The molecule has 4 N–H and O–H groups in total. The van der Waals surface area contributed by atoms with Gasteiger partial charge in [-0.2, -0.15) is 0 Å². The number of nitrogens with two attached hydrogens (primary N) is 1. The number of anilines is 1. The van der Waals surface area contributed by atoms with Gasteiger partial charge in [0.25, 0.3) is 5.91 Å². The highest BCUT2D eigenvalue weighted by molar-refractivity contribution is 5.99. The van der Waals surface area contributed by atoms with Crippen LogP contribution in [-0.2, 0) is 0 Å². The second-order valence-corrected chi connectivity index (χ2v) is 4.48. The fourth-order valence-corrected chi connectivity index (χ4v) is 1.44. The van der Waals surface area contributed by atoms with Crippen molar-refractivity contribution in [3.05, 3.63) is 23.8 Å². The number of nitrogens with one attached hydrogen (secondary N) is 1. The largest absolute Gasteiger partial charge is 0.497 e. The maximum atomic E-state index is 12.1. The molecule has 1 atom stereocenters. The van der Waals surface area contributed by atoms with Crippen LogP contribution in [0.1, 0.15) is 30.6 Å². The lowest BCUT2D eigenvalue weighted by molar-refractivity contribution is 0.0848. The first-order valence-electron chi connectivity index (χ1n) is 5.82. The van der Waals surface area contributed by atoms with E-state index in [0.29, 0.717) is 23.4 Å². The molecule has 0 aliphatic heterocycles. The molecule has 1 aromatic carbocycles. The molecule has 0 aromatic heterocycles. The summed E-state index contributed by atoms with van der Waals surface area (Å²) < 4.78 is 5.06. The van der Waals surface area contributed by atoms with Crippen LogP contribution in [0.3, 0.4) is 0 Å². The predicted molar refractivity (Wildman–Crippen MR) is 70.7 cm³/mol. The van der Waals surface area contributed by atoms with Crippen molar-refractivity contribution in [3.63, 3.8) is 0 Å². The number of carbonyl (C=O) groups is 1. The second kappa shape index (κ2) is 5.73. The number of aliphatic hydroxyl groups excluding tert-OH is 1. The third-order valence-corrected chi connectivity index (χ3v) is 3.05.